The van der Waals surface area contributed by atoms with Gasteiger partial charge in [-0.25, -0.2) is 0 Å². The highest BCUT2D eigenvalue weighted by molar-refractivity contribution is 5.70. The van der Waals surface area contributed by atoms with Crippen molar-refractivity contribution in [3.8, 4) is 0 Å². The zero-order chi connectivity index (χ0) is 10.8. The number of nitrogens with zero attached hydrogens (tertiary/aromatic N) is 1. The number of furan rings is 1. The van der Waals surface area contributed by atoms with E-state index in [0.717, 1.165) is 43.5 Å². The topological polar surface area (TPSA) is 33.5 Å². The third-order valence-corrected chi connectivity index (χ3v) is 3.24. The maximum Gasteiger partial charge on any atom is 0.185 e. The monoisotopic (exact) mass is 207 g/mol. The van der Waals surface area contributed by atoms with Crippen molar-refractivity contribution in [1.29, 1.82) is 0 Å². The molecular formula is C12H17NO2. The van der Waals surface area contributed by atoms with Crippen molar-refractivity contribution in [2.24, 2.45) is 11.8 Å². The van der Waals surface area contributed by atoms with Gasteiger partial charge < -0.3 is 4.42 Å². The molecule has 1 aromatic rings. The van der Waals surface area contributed by atoms with E-state index in [1.54, 1.807) is 6.07 Å². The van der Waals surface area contributed by atoms with Gasteiger partial charge in [-0.15, -0.1) is 0 Å². The molecule has 0 aromatic carbocycles. The van der Waals surface area contributed by atoms with Crippen LogP contribution < -0.4 is 0 Å². The van der Waals surface area contributed by atoms with Gasteiger partial charge in [0.1, 0.15) is 5.76 Å². The molecule has 1 aliphatic heterocycles. The predicted molar refractivity (Wildman–Crippen MR) is 57.7 cm³/mol. The van der Waals surface area contributed by atoms with Crippen LogP contribution in [-0.2, 0) is 6.54 Å². The Hall–Kier alpha value is -1.09. The average molecular weight is 207 g/mol. The molecule has 0 aliphatic carbocycles. The van der Waals surface area contributed by atoms with Crippen molar-refractivity contribution in [2.75, 3.05) is 13.1 Å². The molecule has 0 spiro atoms. The molecular weight excluding hydrogens is 190 g/mol. The summed E-state index contributed by atoms with van der Waals surface area (Å²) in [5, 5.41) is 0. The number of hydrogen-bond donors (Lipinski definition) is 0. The Balaban J connectivity index is 1.95. The molecule has 82 valence electrons. The largest absolute Gasteiger partial charge is 0.457 e. The molecule has 3 nitrogen and oxygen atoms in total. The van der Waals surface area contributed by atoms with E-state index in [1.165, 1.54) is 0 Å². The Morgan fingerprint density at radius 3 is 2.60 bits per heavy atom. The van der Waals surface area contributed by atoms with Crippen molar-refractivity contribution in [2.45, 2.75) is 20.4 Å². The minimum atomic E-state index is 0.422. The Kier molecular flexibility index (Phi) is 2.91. The number of carbonyl (C=O) groups excluding carboxylic acids is 1. The van der Waals surface area contributed by atoms with Gasteiger partial charge >= 0.3 is 0 Å². The number of rotatable bonds is 3. The van der Waals surface area contributed by atoms with Crippen LogP contribution in [0.3, 0.4) is 0 Å². The molecule has 1 aliphatic rings. The van der Waals surface area contributed by atoms with Crippen LogP contribution in [-0.4, -0.2) is 24.3 Å². The zero-order valence-electron chi connectivity index (χ0n) is 9.27. The number of likely N-dealkylation sites (tertiary alicyclic amines) is 1. The van der Waals surface area contributed by atoms with Gasteiger partial charge in [-0.2, -0.15) is 0 Å². The minimum Gasteiger partial charge on any atom is -0.457 e. The third kappa shape index (κ3) is 2.29. The standard InChI is InChI=1S/C12H17NO2/c1-9-5-13(6-10(9)2)7-11-3-4-12(8-14)15-11/h3-4,8-10H,5-7H2,1-2H3. The van der Waals surface area contributed by atoms with Crippen molar-refractivity contribution < 1.29 is 9.21 Å². The fraction of sp³-hybridized carbons (Fsp3) is 0.583. The molecule has 1 fully saturated rings. The Morgan fingerprint density at radius 1 is 1.40 bits per heavy atom. The van der Waals surface area contributed by atoms with Crippen LogP contribution in [0.25, 0.3) is 0 Å². The van der Waals surface area contributed by atoms with E-state index in [1.807, 2.05) is 6.07 Å². The first-order chi connectivity index (χ1) is 7.19. The van der Waals surface area contributed by atoms with Gasteiger partial charge in [-0.3, -0.25) is 9.69 Å². The van der Waals surface area contributed by atoms with Crippen LogP contribution >= 0.6 is 0 Å². The van der Waals surface area contributed by atoms with Gasteiger partial charge in [0.05, 0.1) is 6.54 Å². The molecule has 1 aromatic heterocycles. The number of aldehydes is 1. The van der Waals surface area contributed by atoms with Gasteiger partial charge in [0.2, 0.25) is 0 Å². The molecule has 2 atom stereocenters. The van der Waals surface area contributed by atoms with E-state index in [-0.39, 0.29) is 0 Å². The summed E-state index contributed by atoms with van der Waals surface area (Å²) in [5.41, 5.74) is 0. The van der Waals surface area contributed by atoms with Gasteiger partial charge in [-0.05, 0) is 24.0 Å². The fourth-order valence-electron chi connectivity index (χ4n) is 2.14. The molecule has 0 amide bonds. The average Bonchev–Trinajstić information content (AvgIpc) is 2.76. The lowest BCUT2D eigenvalue weighted by atomic mass is 10.0. The molecule has 0 N–H and O–H groups in total. The SMILES string of the molecule is CC1CN(Cc2ccc(C=O)o2)CC1C. The number of hydrogen-bond acceptors (Lipinski definition) is 3. The molecule has 0 radical (unpaired) electrons. The van der Waals surface area contributed by atoms with Crippen LogP contribution in [0.4, 0.5) is 0 Å². The van der Waals surface area contributed by atoms with Crippen LogP contribution in [0.15, 0.2) is 16.5 Å². The third-order valence-electron chi connectivity index (χ3n) is 3.24. The van der Waals surface area contributed by atoms with Gasteiger partial charge in [0.25, 0.3) is 0 Å². The first-order valence-corrected chi connectivity index (χ1v) is 5.45. The summed E-state index contributed by atoms with van der Waals surface area (Å²) in [5.74, 6) is 2.82. The first-order valence-electron chi connectivity index (χ1n) is 5.45. The van der Waals surface area contributed by atoms with Crippen LogP contribution in [0, 0.1) is 11.8 Å². The molecule has 15 heavy (non-hydrogen) atoms. The summed E-state index contributed by atoms with van der Waals surface area (Å²) in [6.45, 7) is 7.63. The van der Waals surface area contributed by atoms with Gasteiger partial charge in [-0.1, -0.05) is 13.8 Å². The van der Waals surface area contributed by atoms with Crippen LogP contribution in [0.5, 0.6) is 0 Å². The summed E-state index contributed by atoms with van der Waals surface area (Å²) < 4.78 is 5.36. The highest BCUT2D eigenvalue weighted by atomic mass is 16.3. The summed E-state index contributed by atoms with van der Waals surface area (Å²) >= 11 is 0. The lowest BCUT2D eigenvalue weighted by Gasteiger charge is -2.12. The fourth-order valence-corrected chi connectivity index (χ4v) is 2.14. The summed E-state index contributed by atoms with van der Waals surface area (Å²) in [6.07, 6.45) is 0.749. The Bertz CT molecular complexity index is 335. The van der Waals surface area contributed by atoms with E-state index in [4.69, 9.17) is 4.42 Å². The predicted octanol–water partition coefficient (Wildman–Crippen LogP) is 2.18. The van der Waals surface area contributed by atoms with Crippen molar-refractivity contribution in [3.63, 3.8) is 0 Å². The summed E-state index contributed by atoms with van der Waals surface area (Å²) in [6, 6.07) is 3.61. The highest BCUT2D eigenvalue weighted by Gasteiger charge is 2.26. The van der Waals surface area contributed by atoms with Crippen molar-refractivity contribution in [3.05, 3.63) is 23.7 Å². The van der Waals surface area contributed by atoms with E-state index in [9.17, 15) is 4.79 Å². The molecule has 2 unspecified atom stereocenters. The second-order valence-electron chi connectivity index (χ2n) is 4.57. The van der Waals surface area contributed by atoms with Gasteiger partial charge in [0.15, 0.2) is 12.0 Å². The normalized spacial score (nSPS) is 27.1. The Labute approximate surface area is 90.1 Å². The molecule has 1 saturated heterocycles. The van der Waals surface area contributed by atoms with E-state index >= 15 is 0 Å². The van der Waals surface area contributed by atoms with E-state index in [2.05, 4.69) is 18.7 Å². The zero-order valence-corrected chi connectivity index (χ0v) is 9.27. The van der Waals surface area contributed by atoms with Crippen LogP contribution in [0.2, 0.25) is 0 Å². The van der Waals surface area contributed by atoms with Crippen molar-refractivity contribution in [1.82, 2.24) is 4.90 Å². The van der Waals surface area contributed by atoms with Crippen LogP contribution in [0.1, 0.15) is 30.2 Å². The van der Waals surface area contributed by atoms with Gasteiger partial charge in [0, 0.05) is 13.1 Å². The van der Waals surface area contributed by atoms with E-state index < -0.39 is 0 Å². The minimum absolute atomic E-state index is 0.422. The van der Waals surface area contributed by atoms with Crippen molar-refractivity contribution >= 4 is 6.29 Å². The molecule has 2 rings (SSSR count). The lowest BCUT2D eigenvalue weighted by Crippen LogP contribution is -2.19. The Morgan fingerprint density at radius 2 is 2.07 bits per heavy atom. The first kappa shape index (κ1) is 10.4. The maximum absolute atomic E-state index is 10.5. The quantitative estimate of drug-likeness (QED) is 0.712. The lowest BCUT2D eigenvalue weighted by molar-refractivity contribution is 0.109. The summed E-state index contributed by atoms with van der Waals surface area (Å²) in [4.78, 5) is 12.8. The molecule has 3 heteroatoms. The number of carbonyl (C=O) groups is 1. The summed E-state index contributed by atoms with van der Waals surface area (Å²) in [7, 11) is 0. The highest BCUT2D eigenvalue weighted by Crippen LogP contribution is 2.23. The van der Waals surface area contributed by atoms with E-state index in [0.29, 0.717) is 5.76 Å². The molecule has 0 saturated carbocycles. The smallest absolute Gasteiger partial charge is 0.185 e. The maximum atomic E-state index is 10.5. The second kappa shape index (κ2) is 4.19. The molecule has 2 heterocycles. The molecule has 0 bridgehead atoms. The second-order valence-corrected chi connectivity index (χ2v) is 4.57.